The Morgan fingerprint density at radius 2 is 2.10 bits per heavy atom. The first-order valence-corrected chi connectivity index (χ1v) is 6.92. The lowest BCUT2D eigenvalue weighted by atomic mass is 10.2. The first-order valence-electron chi connectivity index (χ1n) is 6.13. The number of nitrogens with zero attached hydrogens (tertiary/aromatic N) is 1. The Morgan fingerprint density at radius 3 is 2.75 bits per heavy atom. The van der Waals surface area contributed by atoms with Gasteiger partial charge in [-0.15, -0.1) is 6.58 Å². The number of nitrogens with one attached hydrogen (secondary N) is 2. The van der Waals surface area contributed by atoms with Gasteiger partial charge in [-0.05, 0) is 18.7 Å². The van der Waals surface area contributed by atoms with Gasteiger partial charge in [-0.3, -0.25) is 15.0 Å². The lowest BCUT2D eigenvalue weighted by Gasteiger charge is -2.16. The number of hydrogen-bond acceptors (Lipinski definition) is 3. The molecule has 0 atom stereocenters. The van der Waals surface area contributed by atoms with E-state index in [1.807, 2.05) is 36.2 Å². The standard InChI is InChI=1S/C14H18BrN3O2/c1-3-8-16-14(20)17-13(19)10-18(2)9-11-6-4-5-7-12(11)15/h3-7H,1,8-10H2,2H3,(H2,16,17,19,20). The number of carbonyl (C=O) groups excluding carboxylic acids is 2. The molecule has 5 nitrogen and oxygen atoms in total. The molecule has 1 aromatic carbocycles. The molecule has 3 amide bonds. The van der Waals surface area contributed by atoms with E-state index in [1.54, 1.807) is 6.08 Å². The predicted molar refractivity (Wildman–Crippen MR) is 82.2 cm³/mol. The second kappa shape index (κ2) is 8.50. The summed E-state index contributed by atoms with van der Waals surface area (Å²) >= 11 is 3.46. The fourth-order valence-corrected chi connectivity index (χ4v) is 2.00. The molecule has 108 valence electrons. The van der Waals surface area contributed by atoms with Gasteiger partial charge in [0, 0.05) is 17.6 Å². The molecule has 0 heterocycles. The SMILES string of the molecule is C=CCNC(=O)NC(=O)CN(C)Cc1ccccc1Br. The van der Waals surface area contributed by atoms with E-state index in [1.165, 1.54) is 0 Å². The first kappa shape index (κ1) is 16.4. The Bertz CT molecular complexity index is 491. The highest BCUT2D eigenvalue weighted by Crippen LogP contribution is 2.16. The number of rotatable bonds is 6. The van der Waals surface area contributed by atoms with Crippen LogP contribution in [0.2, 0.25) is 0 Å². The van der Waals surface area contributed by atoms with Crippen molar-refractivity contribution in [2.75, 3.05) is 20.1 Å². The molecule has 20 heavy (non-hydrogen) atoms. The third-order valence-corrected chi connectivity index (χ3v) is 3.25. The summed E-state index contributed by atoms with van der Waals surface area (Å²) < 4.78 is 0.996. The normalized spacial score (nSPS) is 10.2. The number of amides is 3. The lowest BCUT2D eigenvalue weighted by molar-refractivity contribution is -0.120. The maximum atomic E-state index is 11.7. The molecule has 0 aliphatic heterocycles. The van der Waals surface area contributed by atoms with Gasteiger partial charge in [0.25, 0.3) is 0 Å². The van der Waals surface area contributed by atoms with Crippen molar-refractivity contribution < 1.29 is 9.59 Å². The van der Waals surface area contributed by atoms with Crippen LogP contribution < -0.4 is 10.6 Å². The Labute approximate surface area is 127 Å². The van der Waals surface area contributed by atoms with E-state index in [-0.39, 0.29) is 12.5 Å². The maximum Gasteiger partial charge on any atom is 0.321 e. The molecule has 0 aliphatic rings. The van der Waals surface area contributed by atoms with Crippen molar-refractivity contribution in [3.05, 3.63) is 47.0 Å². The van der Waals surface area contributed by atoms with Crippen LogP contribution in [0, 0.1) is 0 Å². The largest absolute Gasteiger partial charge is 0.334 e. The number of hydrogen-bond donors (Lipinski definition) is 2. The van der Waals surface area contributed by atoms with Gasteiger partial charge >= 0.3 is 6.03 Å². The van der Waals surface area contributed by atoms with Gasteiger partial charge in [0.2, 0.25) is 5.91 Å². The van der Waals surface area contributed by atoms with Crippen LogP contribution in [-0.4, -0.2) is 37.0 Å². The molecule has 0 unspecified atom stereocenters. The van der Waals surface area contributed by atoms with E-state index >= 15 is 0 Å². The zero-order valence-corrected chi connectivity index (χ0v) is 12.9. The molecule has 0 aromatic heterocycles. The van der Waals surface area contributed by atoms with E-state index < -0.39 is 6.03 Å². The van der Waals surface area contributed by atoms with Crippen LogP contribution in [-0.2, 0) is 11.3 Å². The summed E-state index contributed by atoms with van der Waals surface area (Å²) in [6.07, 6.45) is 1.54. The van der Waals surface area contributed by atoms with Gasteiger partial charge in [0.15, 0.2) is 0 Å². The topological polar surface area (TPSA) is 61.4 Å². The zero-order chi connectivity index (χ0) is 15.0. The third kappa shape index (κ3) is 5.99. The van der Waals surface area contributed by atoms with Gasteiger partial charge in [-0.1, -0.05) is 40.2 Å². The molecule has 6 heteroatoms. The summed E-state index contributed by atoms with van der Waals surface area (Å²) in [5.41, 5.74) is 1.08. The van der Waals surface area contributed by atoms with E-state index in [2.05, 4.69) is 33.1 Å². The quantitative estimate of drug-likeness (QED) is 0.778. The zero-order valence-electron chi connectivity index (χ0n) is 11.4. The number of imide groups is 1. The Balaban J connectivity index is 2.40. The molecule has 1 aromatic rings. The van der Waals surface area contributed by atoms with E-state index in [0.29, 0.717) is 13.1 Å². The lowest BCUT2D eigenvalue weighted by Crippen LogP contribution is -2.43. The van der Waals surface area contributed by atoms with Crippen LogP contribution in [0.1, 0.15) is 5.56 Å². The molecule has 0 radical (unpaired) electrons. The van der Waals surface area contributed by atoms with Gasteiger partial charge in [0.05, 0.1) is 6.54 Å². The molecule has 0 saturated carbocycles. The van der Waals surface area contributed by atoms with Crippen LogP contribution in [0.4, 0.5) is 4.79 Å². The number of halogens is 1. The smallest absolute Gasteiger partial charge is 0.321 e. The van der Waals surface area contributed by atoms with Gasteiger partial charge in [0.1, 0.15) is 0 Å². The van der Waals surface area contributed by atoms with E-state index in [9.17, 15) is 9.59 Å². The summed E-state index contributed by atoms with van der Waals surface area (Å²) in [6, 6.07) is 7.30. The molecule has 2 N–H and O–H groups in total. The molecule has 0 saturated heterocycles. The number of likely N-dealkylation sites (N-methyl/N-ethyl adjacent to an activating group) is 1. The van der Waals surface area contributed by atoms with Crippen LogP contribution in [0.25, 0.3) is 0 Å². The number of urea groups is 1. The average molecular weight is 340 g/mol. The van der Waals surface area contributed by atoms with Crippen molar-refractivity contribution in [2.45, 2.75) is 6.54 Å². The molecule has 0 aliphatic carbocycles. The summed E-state index contributed by atoms with van der Waals surface area (Å²) in [5.74, 6) is -0.346. The predicted octanol–water partition coefficient (Wildman–Crippen LogP) is 1.89. The Kier molecular flexibility index (Phi) is 6.97. The summed E-state index contributed by atoms with van der Waals surface area (Å²) in [4.78, 5) is 24.8. The highest BCUT2D eigenvalue weighted by molar-refractivity contribution is 9.10. The minimum absolute atomic E-state index is 0.142. The monoisotopic (exact) mass is 339 g/mol. The molecule has 0 fully saturated rings. The van der Waals surface area contributed by atoms with Gasteiger partial charge in [-0.2, -0.15) is 0 Å². The van der Waals surface area contributed by atoms with Crippen molar-refractivity contribution >= 4 is 27.9 Å². The maximum absolute atomic E-state index is 11.7. The third-order valence-electron chi connectivity index (χ3n) is 2.47. The van der Waals surface area contributed by atoms with Crippen molar-refractivity contribution in [2.24, 2.45) is 0 Å². The fourth-order valence-electron chi connectivity index (χ4n) is 1.59. The Hall–Kier alpha value is -1.66. The fraction of sp³-hybridized carbons (Fsp3) is 0.286. The van der Waals surface area contributed by atoms with Crippen LogP contribution in [0.5, 0.6) is 0 Å². The van der Waals surface area contributed by atoms with Crippen molar-refractivity contribution in [3.8, 4) is 0 Å². The highest BCUT2D eigenvalue weighted by Gasteiger charge is 2.11. The van der Waals surface area contributed by atoms with Gasteiger partial charge in [-0.25, -0.2) is 4.79 Å². The Morgan fingerprint density at radius 1 is 1.40 bits per heavy atom. The molecule has 0 spiro atoms. The summed E-state index contributed by atoms with van der Waals surface area (Å²) in [7, 11) is 1.82. The van der Waals surface area contributed by atoms with Gasteiger partial charge < -0.3 is 5.32 Å². The van der Waals surface area contributed by atoms with Crippen molar-refractivity contribution in [3.63, 3.8) is 0 Å². The van der Waals surface area contributed by atoms with Crippen LogP contribution >= 0.6 is 15.9 Å². The number of benzene rings is 1. The average Bonchev–Trinajstić information content (AvgIpc) is 2.38. The molecular weight excluding hydrogens is 322 g/mol. The second-order valence-corrected chi connectivity index (χ2v) is 5.16. The first-order chi connectivity index (χ1) is 9.52. The van der Waals surface area contributed by atoms with Crippen LogP contribution in [0.15, 0.2) is 41.4 Å². The minimum atomic E-state index is -0.510. The minimum Gasteiger partial charge on any atom is -0.334 e. The van der Waals surface area contributed by atoms with E-state index in [0.717, 1.165) is 10.0 Å². The highest BCUT2D eigenvalue weighted by atomic mass is 79.9. The van der Waals surface area contributed by atoms with Crippen molar-refractivity contribution in [1.29, 1.82) is 0 Å². The molecule has 1 rings (SSSR count). The number of carbonyl (C=O) groups is 2. The van der Waals surface area contributed by atoms with Crippen LogP contribution in [0.3, 0.4) is 0 Å². The summed E-state index contributed by atoms with van der Waals surface area (Å²) in [6.45, 7) is 4.56. The summed E-state index contributed by atoms with van der Waals surface area (Å²) in [5, 5.41) is 4.74. The second-order valence-electron chi connectivity index (χ2n) is 4.31. The molecule has 0 bridgehead atoms. The van der Waals surface area contributed by atoms with E-state index in [4.69, 9.17) is 0 Å². The van der Waals surface area contributed by atoms with Crippen molar-refractivity contribution in [1.82, 2.24) is 15.5 Å². The molecular formula is C14H18BrN3O2.